The van der Waals surface area contributed by atoms with Gasteiger partial charge in [-0.2, -0.15) is 0 Å². The lowest BCUT2D eigenvalue weighted by Gasteiger charge is -2.32. The fourth-order valence-corrected chi connectivity index (χ4v) is 4.92. The van der Waals surface area contributed by atoms with E-state index < -0.39 is 0 Å². The Labute approximate surface area is 216 Å². The molecule has 0 bridgehead atoms. The fraction of sp³-hybridized carbons (Fsp3) is 0.310. The van der Waals surface area contributed by atoms with E-state index in [0.29, 0.717) is 34.6 Å². The van der Waals surface area contributed by atoms with E-state index in [-0.39, 0.29) is 30.3 Å². The molecule has 0 unspecified atom stereocenters. The van der Waals surface area contributed by atoms with Gasteiger partial charge in [-0.3, -0.25) is 29.2 Å². The van der Waals surface area contributed by atoms with Gasteiger partial charge >= 0.3 is 0 Å². The van der Waals surface area contributed by atoms with Gasteiger partial charge in [0, 0.05) is 31.9 Å². The minimum atomic E-state index is -0.321. The van der Waals surface area contributed by atoms with E-state index >= 15 is 0 Å². The molecule has 3 heterocycles. The number of rotatable bonds is 8. The second-order valence-electron chi connectivity index (χ2n) is 9.35. The summed E-state index contributed by atoms with van der Waals surface area (Å²) in [4.78, 5) is 46.9. The van der Waals surface area contributed by atoms with Crippen LogP contribution in [0.1, 0.15) is 62.1 Å². The molecule has 1 N–H and O–H groups in total. The van der Waals surface area contributed by atoms with Crippen molar-refractivity contribution in [1.82, 2.24) is 20.1 Å². The topological polar surface area (TPSA) is 91.8 Å². The number of ether oxygens (including phenoxy) is 1. The highest BCUT2D eigenvalue weighted by Gasteiger charge is 2.35. The monoisotopic (exact) mass is 498 g/mol. The summed E-state index contributed by atoms with van der Waals surface area (Å²) < 4.78 is 5.73. The van der Waals surface area contributed by atoms with Crippen molar-refractivity contribution in [3.63, 3.8) is 0 Å². The third-order valence-electron chi connectivity index (χ3n) is 6.84. The van der Waals surface area contributed by atoms with E-state index in [1.165, 1.54) is 4.90 Å². The molecule has 1 saturated heterocycles. The van der Waals surface area contributed by atoms with Crippen LogP contribution in [0.25, 0.3) is 0 Å². The maximum absolute atomic E-state index is 13.3. The molecule has 37 heavy (non-hydrogen) atoms. The average Bonchev–Trinajstić information content (AvgIpc) is 3.16. The van der Waals surface area contributed by atoms with Crippen LogP contribution in [0.15, 0.2) is 66.9 Å². The van der Waals surface area contributed by atoms with E-state index in [9.17, 15) is 14.4 Å². The first kappa shape index (κ1) is 24.6. The van der Waals surface area contributed by atoms with Crippen LogP contribution in [0.5, 0.6) is 5.75 Å². The third-order valence-corrected chi connectivity index (χ3v) is 6.84. The van der Waals surface area contributed by atoms with Gasteiger partial charge in [-0.05, 0) is 61.7 Å². The summed E-state index contributed by atoms with van der Waals surface area (Å²) in [6.45, 7) is 4.93. The van der Waals surface area contributed by atoms with E-state index in [2.05, 4.69) is 15.2 Å². The minimum absolute atomic E-state index is 0.0573. The highest BCUT2D eigenvalue weighted by molar-refractivity contribution is 6.21. The number of carbonyl (C=O) groups is 3. The second kappa shape index (κ2) is 10.9. The van der Waals surface area contributed by atoms with Crippen LogP contribution < -0.4 is 10.1 Å². The lowest BCUT2D eigenvalue weighted by Crippen LogP contribution is -2.44. The molecule has 3 amide bonds. The fourth-order valence-electron chi connectivity index (χ4n) is 4.92. The van der Waals surface area contributed by atoms with Gasteiger partial charge in [0.05, 0.1) is 35.5 Å². The Bertz CT molecular complexity index is 1270. The predicted octanol–water partition coefficient (Wildman–Crippen LogP) is 3.67. The zero-order chi connectivity index (χ0) is 25.8. The molecule has 1 aromatic heterocycles. The zero-order valence-electron chi connectivity index (χ0n) is 20.9. The average molecular weight is 499 g/mol. The maximum atomic E-state index is 13.3. The molecule has 2 aliphatic rings. The Morgan fingerprint density at radius 3 is 2.32 bits per heavy atom. The maximum Gasteiger partial charge on any atom is 0.261 e. The van der Waals surface area contributed by atoms with Crippen LogP contribution in [0, 0.1) is 0 Å². The SMILES string of the molecule is CCOc1ccc(CN2C(=O)c3ccccc3C2=O)cc1C(=O)NC1CCN(Cc2ccccn2)CC1. The third kappa shape index (κ3) is 5.39. The molecule has 8 heteroatoms. The molecule has 2 aromatic carbocycles. The summed E-state index contributed by atoms with van der Waals surface area (Å²) in [5.74, 6) is -0.370. The summed E-state index contributed by atoms with van der Waals surface area (Å²) in [7, 11) is 0. The first-order chi connectivity index (χ1) is 18.0. The quantitative estimate of drug-likeness (QED) is 0.477. The Hall–Kier alpha value is -4.04. The second-order valence-corrected chi connectivity index (χ2v) is 9.35. The van der Waals surface area contributed by atoms with Gasteiger partial charge in [-0.25, -0.2) is 0 Å². The number of carbonyl (C=O) groups excluding carboxylic acids is 3. The number of fused-ring (bicyclic) bond motifs is 1. The van der Waals surface area contributed by atoms with Gasteiger partial charge in [-0.1, -0.05) is 24.3 Å². The van der Waals surface area contributed by atoms with Crippen LogP contribution in [-0.2, 0) is 13.1 Å². The number of aromatic nitrogens is 1. The summed E-state index contributed by atoms with van der Waals surface area (Å²) >= 11 is 0. The Balaban J connectivity index is 1.25. The molecule has 190 valence electrons. The molecule has 1 fully saturated rings. The molecule has 0 atom stereocenters. The number of amides is 3. The Morgan fingerprint density at radius 2 is 1.68 bits per heavy atom. The summed E-state index contributed by atoms with van der Waals surface area (Å²) in [6.07, 6.45) is 3.50. The van der Waals surface area contributed by atoms with E-state index in [1.54, 1.807) is 48.7 Å². The molecule has 0 spiro atoms. The van der Waals surface area contributed by atoms with Crippen molar-refractivity contribution >= 4 is 17.7 Å². The van der Waals surface area contributed by atoms with E-state index in [1.807, 2.05) is 25.1 Å². The number of nitrogens with zero attached hydrogens (tertiary/aromatic N) is 3. The van der Waals surface area contributed by atoms with Crippen LogP contribution in [-0.4, -0.2) is 58.2 Å². The van der Waals surface area contributed by atoms with Gasteiger partial charge in [0.15, 0.2) is 0 Å². The van der Waals surface area contributed by atoms with Crippen molar-refractivity contribution in [2.75, 3.05) is 19.7 Å². The van der Waals surface area contributed by atoms with Crippen molar-refractivity contribution in [3.05, 3.63) is 94.8 Å². The molecular weight excluding hydrogens is 468 g/mol. The molecule has 5 rings (SSSR count). The molecule has 0 saturated carbocycles. The molecule has 3 aromatic rings. The smallest absolute Gasteiger partial charge is 0.261 e. The molecule has 0 radical (unpaired) electrons. The number of pyridine rings is 1. The van der Waals surface area contributed by atoms with Gasteiger partial charge < -0.3 is 10.1 Å². The number of imide groups is 1. The van der Waals surface area contributed by atoms with Crippen molar-refractivity contribution in [2.24, 2.45) is 0 Å². The number of hydrogen-bond acceptors (Lipinski definition) is 6. The summed E-state index contributed by atoms with van der Waals surface area (Å²) in [5.41, 5.74) is 2.96. The van der Waals surface area contributed by atoms with Crippen molar-refractivity contribution < 1.29 is 19.1 Å². The van der Waals surface area contributed by atoms with Crippen molar-refractivity contribution in [2.45, 2.75) is 38.9 Å². The number of nitrogens with one attached hydrogen (secondary N) is 1. The lowest BCUT2D eigenvalue weighted by atomic mass is 10.0. The first-order valence-electron chi connectivity index (χ1n) is 12.7. The number of piperidine rings is 1. The largest absolute Gasteiger partial charge is 0.493 e. The molecule has 8 nitrogen and oxygen atoms in total. The Kier molecular flexibility index (Phi) is 7.28. The number of benzene rings is 2. The standard InChI is InChI=1S/C29H30N4O4/c1-2-37-26-11-10-20(18-33-28(35)23-8-3-4-9-24(23)29(33)36)17-25(26)27(34)31-21-12-15-32(16-13-21)19-22-7-5-6-14-30-22/h3-11,14,17,21H,2,12-13,15-16,18-19H2,1H3,(H,31,34). The van der Waals surface area contributed by atoms with Gasteiger partial charge in [0.2, 0.25) is 0 Å². The normalized spacial score (nSPS) is 16.1. The van der Waals surface area contributed by atoms with Gasteiger partial charge in [0.1, 0.15) is 5.75 Å². The lowest BCUT2D eigenvalue weighted by molar-refractivity contribution is 0.0642. The predicted molar refractivity (Wildman–Crippen MR) is 138 cm³/mol. The molecular formula is C29H30N4O4. The summed E-state index contributed by atoms with van der Waals surface area (Å²) in [6, 6.07) is 18.1. The molecule has 2 aliphatic heterocycles. The van der Waals surface area contributed by atoms with Crippen LogP contribution in [0.2, 0.25) is 0 Å². The van der Waals surface area contributed by atoms with Crippen LogP contribution in [0.4, 0.5) is 0 Å². The van der Waals surface area contributed by atoms with Crippen molar-refractivity contribution in [1.29, 1.82) is 0 Å². The highest BCUT2D eigenvalue weighted by Crippen LogP contribution is 2.27. The first-order valence-corrected chi connectivity index (χ1v) is 12.7. The highest BCUT2D eigenvalue weighted by atomic mass is 16.5. The van der Waals surface area contributed by atoms with Crippen LogP contribution >= 0.6 is 0 Å². The minimum Gasteiger partial charge on any atom is -0.493 e. The Morgan fingerprint density at radius 1 is 0.973 bits per heavy atom. The van der Waals surface area contributed by atoms with Gasteiger partial charge in [-0.15, -0.1) is 0 Å². The number of likely N-dealkylation sites (tertiary alicyclic amines) is 1. The zero-order valence-corrected chi connectivity index (χ0v) is 20.9. The number of hydrogen-bond donors (Lipinski definition) is 1. The molecule has 0 aliphatic carbocycles. The van der Waals surface area contributed by atoms with E-state index in [0.717, 1.165) is 38.2 Å². The van der Waals surface area contributed by atoms with E-state index in [4.69, 9.17) is 4.74 Å². The van der Waals surface area contributed by atoms with Gasteiger partial charge in [0.25, 0.3) is 17.7 Å². The van der Waals surface area contributed by atoms with Crippen LogP contribution in [0.3, 0.4) is 0 Å². The summed E-state index contributed by atoms with van der Waals surface area (Å²) in [5, 5.41) is 3.16. The van der Waals surface area contributed by atoms with Crippen molar-refractivity contribution in [3.8, 4) is 5.75 Å².